The van der Waals surface area contributed by atoms with Crippen LogP contribution in [0.3, 0.4) is 0 Å². The molecule has 0 saturated heterocycles. The van der Waals surface area contributed by atoms with E-state index in [1.165, 1.54) is 0 Å². The molecular formula is C12H18ClN3O2. The molecule has 1 atom stereocenters. The summed E-state index contributed by atoms with van der Waals surface area (Å²) in [6.45, 7) is 2.65. The summed E-state index contributed by atoms with van der Waals surface area (Å²) in [5.74, 6) is 0.0261. The van der Waals surface area contributed by atoms with E-state index in [1.807, 2.05) is 13.0 Å². The zero-order valence-electron chi connectivity index (χ0n) is 10.2. The number of oxime groups is 1. The molecule has 5 N–H and O–H groups in total. The Morgan fingerprint density at radius 3 is 2.78 bits per heavy atom. The summed E-state index contributed by atoms with van der Waals surface area (Å²) in [6.07, 6.45) is 0.844. The molecule has 6 heteroatoms. The first-order chi connectivity index (χ1) is 8.62. The third-order valence-electron chi connectivity index (χ3n) is 2.75. The normalized spacial score (nSPS) is 13.6. The summed E-state index contributed by atoms with van der Waals surface area (Å²) < 4.78 is 0. The number of benzene rings is 1. The van der Waals surface area contributed by atoms with Crippen molar-refractivity contribution in [2.24, 2.45) is 10.9 Å². The molecule has 0 bridgehead atoms. The average molecular weight is 272 g/mol. The quantitative estimate of drug-likeness (QED) is 0.272. The minimum atomic E-state index is 0.0261. The zero-order valence-corrected chi connectivity index (χ0v) is 11.0. The van der Waals surface area contributed by atoms with Crippen LogP contribution in [0, 0.1) is 0 Å². The molecular weight excluding hydrogens is 254 g/mol. The monoisotopic (exact) mass is 271 g/mol. The molecule has 1 aromatic carbocycles. The summed E-state index contributed by atoms with van der Waals surface area (Å²) in [7, 11) is 0. The first-order valence-corrected chi connectivity index (χ1v) is 6.10. The first-order valence-electron chi connectivity index (χ1n) is 5.72. The molecule has 5 nitrogen and oxygen atoms in total. The molecule has 0 amide bonds. The van der Waals surface area contributed by atoms with Gasteiger partial charge in [-0.3, -0.25) is 0 Å². The van der Waals surface area contributed by atoms with Gasteiger partial charge in [-0.2, -0.15) is 0 Å². The maximum atomic E-state index is 9.07. The Morgan fingerprint density at radius 2 is 2.28 bits per heavy atom. The topological polar surface area (TPSA) is 90.9 Å². The molecule has 0 heterocycles. The summed E-state index contributed by atoms with van der Waals surface area (Å²) in [5, 5.41) is 24.3. The number of aliphatic hydroxyl groups excluding tert-OH is 1. The SMILES string of the molecule is CCC(CO)NCc1ccc(/C(N)=N/O)cc1Cl. The minimum absolute atomic E-state index is 0.0261. The van der Waals surface area contributed by atoms with E-state index in [9.17, 15) is 0 Å². The third-order valence-corrected chi connectivity index (χ3v) is 3.10. The lowest BCUT2D eigenvalue weighted by Crippen LogP contribution is -2.31. The van der Waals surface area contributed by atoms with Gasteiger partial charge >= 0.3 is 0 Å². The van der Waals surface area contributed by atoms with Crippen molar-refractivity contribution in [3.63, 3.8) is 0 Å². The van der Waals surface area contributed by atoms with Gasteiger partial charge in [-0.25, -0.2) is 0 Å². The zero-order chi connectivity index (χ0) is 13.5. The molecule has 0 aliphatic rings. The molecule has 1 aromatic rings. The number of amidine groups is 1. The lowest BCUT2D eigenvalue weighted by atomic mass is 10.1. The minimum Gasteiger partial charge on any atom is -0.409 e. The standard InChI is InChI=1S/C12H18ClN3O2/c1-2-10(7-17)15-6-9-4-3-8(5-11(9)13)12(14)16-18/h3-5,10,15,17-18H,2,6-7H2,1H3,(H2,14,16). The van der Waals surface area contributed by atoms with Crippen LogP contribution in [0.2, 0.25) is 5.02 Å². The van der Waals surface area contributed by atoms with Crippen LogP contribution in [0.1, 0.15) is 24.5 Å². The number of nitrogens with zero attached hydrogens (tertiary/aromatic N) is 1. The molecule has 0 aliphatic carbocycles. The van der Waals surface area contributed by atoms with Gasteiger partial charge < -0.3 is 21.4 Å². The van der Waals surface area contributed by atoms with Crippen LogP contribution in [0.5, 0.6) is 0 Å². The van der Waals surface area contributed by atoms with E-state index < -0.39 is 0 Å². The Labute approximate surface area is 111 Å². The number of nitrogens with one attached hydrogen (secondary N) is 1. The van der Waals surface area contributed by atoms with Crippen LogP contribution in [0.15, 0.2) is 23.4 Å². The van der Waals surface area contributed by atoms with Crippen LogP contribution in [0.25, 0.3) is 0 Å². The van der Waals surface area contributed by atoms with E-state index in [0.29, 0.717) is 17.1 Å². The van der Waals surface area contributed by atoms with Gasteiger partial charge in [0, 0.05) is 23.2 Å². The highest BCUT2D eigenvalue weighted by atomic mass is 35.5. The van der Waals surface area contributed by atoms with E-state index in [1.54, 1.807) is 12.1 Å². The highest BCUT2D eigenvalue weighted by Crippen LogP contribution is 2.18. The molecule has 0 saturated carbocycles. The lowest BCUT2D eigenvalue weighted by molar-refractivity contribution is 0.238. The number of nitrogens with two attached hydrogens (primary N) is 1. The Kier molecular flexibility index (Phi) is 5.91. The summed E-state index contributed by atoms with van der Waals surface area (Å²) >= 11 is 6.11. The molecule has 18 heavy (non-hydrogen) atoms. The highest BCUT2D eigenvalue weighted by Gasteiger charge is 2.07. The Bertz CT molecular complexity index is 420. The lowest BCUT2D eigenvalue weighted by Gasteiger charge is -2.14. The maximum Gasteiger partial charge on any atom is 0.170 e. The molecule has 0 spiro atoms. The molecule has 1 rings (SSSR count). The van der Waals surface area contributed by atoms with Crippen LogP contribution < -0.4 is 11.1 Å². The van der Waals surface area contributed by atoms with Gasteiger partial charge in [-0.15, -0.1) is 0 Å². The smallest absolute Gasteiger partial charge is 0.170 e. The second kappa shape index (κ2) is 7.20. The Balaban J connectivity index is 2.74. The van der Waals surface area contributed by atoms with Gasteiger partial charge in [0.2, 0.25) is 0 Å². The summed E-state index contributed by atoms with van der Waals surface area (Å²) in [6, 6.07) is 5.25. The fraction of sp³-hybridized carbons (Fsp3) is 0.417. The van der Waals surface area contributed by atoms with Crippen molar-refractivity contribution in [3.8, 4) is 0 Å². The molecule has 0 aliphatic heterocycles. The van der Waals surface area contributed by atoms with Gasteiger partial charge in [-0.05, 0) is 18.1 Å². The van der Waals surface area contributed by atoms with Gasteiger partial charge in [0.25, 0.3) is 0 Å². The van der Waals surface area contributed by atoms with E-state index in [2.05, 4.69) is 10.5 Å². The van der Waals surface area contributed by atoms with E-state index in [-0.39, 0.29) is 18.5 Å². The Morgan fingerprint density at radius 1 is 1.56 bits per heavy atom. The second-order valence-corrected chi connectivity index (χ2v) is 4.37. The molecule has 100 valence electrons. The Hall–Kier alpha value is -1.30. The van der Waals surface area contributed by atoms with Crippen molar-refractivity contribution in [3.05, 3.63) is 34.3 Å². The molecule has 0 radical (unpaired) electrons. The van der Waals surface area contributed by atoms with E-state index in [4.69, 9.17) is 27.6 Å². The number of hydrogen-bond acceptors (Lipinski definition) is 4. The number of rotatable bonds is 6. The van der Waals surface area contributed by atoms with Crippen LogP contribution in [-0.2, 0) is 6.54 Å². The van der Waals surface area contributed by atoms with Gasteiger partial charge in [0.15, 0.2) is 5.84 Å². The van der Waals surface area contributed by atoms with Crippen molar-refractivity contribution in [1.82, 2.24) is 5.32 Å². The van der Waals surface area contributed by atoms with Crippen molar-refractivity contribution in [2.75, 3.05) is 6.61 Å². The fourth-order valence-electron chi connectivity index (χ4n) is 1.50. The highest BCUT2D eigenvalue weighted by molar-refractivity contribution is 6.31. The van der Waals surface area contributed by atoms with E-state index >= 15 is 0 Å². The number of hydrogen-bond donors (Lipinski definition) is 4. The predicted octanol–water partition coefficient (Wildman–Crippen LogP) is 1.29. The average Bonchev–Trinajstić information content (AvgIpc) is 2.40. The third kappa shape index (κ3) is 3.87. The van der Waals surface area contributed by atoms with Crippen LogP contribution in [0.4, 0.5) is 0 Å². The van der Waals surface area contributed by atoms with Crippen molar-refractivity contribution in [2.45, 2.75) is 25.9 Å². The molecule has 0 fully saturated rings. The first kappa shape index (κ1) is 14.8. The number of halogens is 1. The summed E-state index contributed by atoms with van der Waals surface area (Å²) in [4.78, 5) is 0. The van der Waals surface area contributed by atoms with E-state index in [0.717, 1.165) is 12.0 Å². The fourth-order valence-corrected chi connectivity index (χ4v) is 1.75. The van der Waals surface area contributed by atoms with Crippen molar-refractivity contribution in [1.29, 1.82) is 0 Å². The van der Waals surface area contributed by atoms with Gasteiger partial charge in [0.05, 0.1) is 6.61 Å². The van der Waals surface area contributed by atoms with Gasteiger partial charge in [0.1, 0.15) is 0 Å². The second-order valence-electron chi connectivity index (χ2n) is 3.96. The van der Waals surface area contributed by atoms with Crippen molar-refractivity contribution >= 4 is 17.4 Å². The number of aliphatic hydroxyl groups is 1. The largest absolute Gasteiger partial charge is 0.409 e. The molecule has 0 aromatic heterocycles. The van der Waals surface area contributed by atoms with Gasteiger partial charge in [-0.1, -0.05) is 35.8 Å². The predicted molar refractivity (Wildman–Crippen MR) is 72.0 cm³/mol. The van der Waals surface area contributed by atoms with Crippen LogP contribution >= 0.6 is 11.6 Å². The molecule has 1 unspecified atom stereocenters. The van der Waals surface area contributed by atoms with Crippen molar-refractivity contribution < 1.29 is 10.3 Å². The summed E-state index contributed by atoms with van der Waals surface area (Å²) in [5.41, 5.74) is 6.94. The van der Waals surface area contributed by atoms with Crippen LogP contribution in [-0.4, -0.2) is 28.8 Å². The maximum absolute atomic E-state index is 9.07.